The van der Waals surface area contributed by atoms with Gasteiger partial charge in [-0.25, -0.2) is 12.8 Å². The Kier molecular flexibility index (Phi) is 9.94. The summed E-state index contributed by atoms with van der Waals surface area (Å²) >= 11 is 0. The lowest BCUT2D eigenvalue weighted by Gasteiger charge is -2.26. The van der Waals surface area contributed by atoms with Crippen molar-refractivity contribution < 1.29 is 22.7 Å². The molecule has 2 atom stereocenters. The number of aliphatic hydroxyl groups is 1. The first-order valence-electron chi connectivity index (χ1n) is 13.8. The Bertz CT molecular complexity index is 1400. The first-order valence-corrected chi connectivity index (χ1v) is 15.4. The van der Waals surface area contributed by atoms with Gasteiger partial charge >= 0.3 is 0 Å². The van der Waals surface area contributed by atoms with Crippen molar-refractivity contribution in [1.82, 2.24) is 20.4 Å². The fraction of sp³-hybridized carbons (Fsp3) is 0.448. The number of nitrogens with one attached hydrogen (secondary N) is 2. The molecule has 1 aromatic heterocycles. The zero-order chi connectivity index (χ0) is 28.7. The van der Waals surface area contributed by atoms with Gasteiger partial charge in [-0.2, -0.15) is 5.10 Å². The van der Waals surface area contributed by atoms with E-state index >= 15 is 4.39 Å². The Labute approximate surface area is 235 Å². The van der Waals surface area contributed by atoms with Crippen molar-refractivity contribution in [2.75, 3.05) is 23.1 Å². The number of carbonyl (C=O) groups excluding carboxylic acids is 1. The van der Waals surface area contributed by atoms with Gasteiger partial charge in [0, 0.05) is 37.9 Å². The van der Waals surface area contributed by atoms with Crippen LogP contribution in [0.1, 0.15) is 53.7 Å². The van der Waals surface area contributed by atoms with Gasteiger partial charge in [0.15, 0.2) is 5.82 Å². The highest BCUT2D eigenvalue weighted by atomic mass is 32.2. The van der Waals surface area contributed by atoms with E-state index in [1.165, 1.54) is 12.1 Å². The first kappa shape index (κ1) is 29.7. The third-order valence-corrected chi connectivity index (χ3v) is 8.89. The quantitative estimate of drug-likeness (QED) is 0.291. The second-order valence-electron chi connectivity index (χ2n) is 10.1. The van der Waals surface area contributed by atoms with Gasteiger partial charge in [-0.3, -0.25) is 13.8 Å². The minimum absolute atomic E-state index is 0.0520. The normalized spacial score (nSPS) is 16.1. The van der Waals surface area contributed by atoms with Crippen molar-refractivity contribution >= 4 is 21.6 Å². The Morgan fingerprint density at radius 2 is 1.93 bits per heavy atom. The summed E-state index contributed by atoms with van der Waals surface area (Å²) in [6, 6.07) is 11.7. The van der Waals surface area contributed by atoms with E-state index in [9.17, 15) is 18.3 Å². The number of benzene rings is 2. The molecule has 2 heterocycles. The molecule has 1 fully saturated rings. The topological polar surface area (TPSA) is 117 Å². The molecular weight excluding hydrogens is 533 g/mol. The van der Waals surface area contributed by atoms with Gasteiger partial charge in [0.25, 0.3) is 5.91 Å². The van der Waals surface area contributed by atoms with E-state index in [0.29, 0.717) is 31.4 Å². The molecule has 0 bridgehead atoms. The molecule has 4 rings (SSSR count). The van der Waals surface area contributed by atoms with Gasteiger partial charge in [-0.1, -0.05) is 43.7 Å². The lowest BCUT2D eigenvalue weighted by Crippen LogP contribution is -2.49. The SMILES string of the molecule is CCCc1cc(C(=O)N[C@@H](Cc2ccccc2)[C@H](O)CNCc2cnn(CC)c2)c(F)c(N2CCCS2(=O)=O)c1. The predicted octanol–water partition coefficient (Wildman–Crippen LogP) is 3.03. The molecule has 1 amide bonds. The van der Waals surface area contributed by atoms with Crippen LogP contribution in [0.15, 0.2) is 54.9 Å². The second kappa shape index (κ2) is 13.4. The van der Waals surface area contributed by atoms with Gasteiger partial charge in [0.2, 0.25) is 10.0 Å². The Balaban J connectivity index is 1.56. The summed E-state index contributed by atoms with van der Waals surface area (Å²) in [7, 11) is -3.64. The summed E-state index contributed by atoms with van der Waals surface area (Å²) in [5.74, 6) is -1.62. The highest BCUT2D eigenvalue weighted by Crippen LogP contribution is 2.31. The number of amides is 1. The molecule has 11 heteroatoms. The monoisotopic (exact) mass is 571 g/mol. The molecule has 3 aromatic rings. The van der Waals surface area contributed by atoms with Crippen LogP contribution in [-0.2, 0) is 36.0 Å². The standard InChI is InChI=1S/C29H38FN5O4S/c1-3-9-22-14-24(28(30)26(16-22)35-12-8-13-40(35,38)39)29(37)33-25(15-21-10-6-5-7-11-21)27(36)19-31-17-23-18-32-34(4-2)20-23/h5-7,10-11,14,16,18,20,25,27,31,36H,3-4,8-9,12-13,15,17,19H2,1-2H3,(H,33,37)/t25-,27+/m0/s1. The molecule has 0 radical (unpaired) electrons. The predicted molar refractivity (Wildman–Crippen MR) is 153 cm³/mol. The molecule has 0 aliphatic carbocycles. The molecule has 1 saturated heterocycles. The fourth-order valence-electron chi connectivity index (χ4n) is 4.93. The van der Waals surface area contributed by atoms with Crippen molar-refractivity contribution in [2.45, 2.75) is 64.8 Å². The summed E-state index contributed by atoms with van der Waals surface area (Å²) in [6.07, 6.45) is 4.74. The minimum atomic E-state index is -3.64. The van der Waals surface area contributed by atoms with Gasteiger partial charge in [0.1, 0.15) is 0 Å². The van der Waals surface area contributed by atoms with Crippen LogP contribution in [0.3, 0.4) is 0 Å². The molecule has 0 unspecified atom stereocenters. The van der Waals surface area contributed by atoms with Crippen LogP contribution in [0.2, 0.25) is 0 Å². The summed E-state index contributed by atoms with van der Waals surface area (Å²) in [5.41, 5.74) is 2.23. The van der Waals surface area contributed by atoms with Crippen LogP contribution >= 0.6 is 0 Å². The number of hydrogen-bond donors (Lipinski definition) is 3. The van der Waals surface area contributed by atoms with Crippen LogP contribution < -0.4 is 14.9 Å². The summed E-state index contributed by atoms with van der Waals surface area (Å²) < 4.78 is 43.8. The van der Waals surface area contributed by atoms with Crippen molar-refractivity contribution in [3.63, 3.8) is 0 Å². The fourth-order valence-corrected chi connectivity index (χ4v) is 6.49. The lowest BCUT2D eigenvalue weighted by atomic mass is 9.99. The lowest BCUT2D eigenvalue weighted by molar-refractivity contribution is 0.0826. The van der Waals surface area contributed by atoms with E-state index < -0.39 is 33.9 Å². The molecule has 0 spiro atoms. The van der Waals surface area contributed by atoms with E-state index in [0.717, 1.165) is 28.4 Å². The number of halogens is 1. The molecule has 3 N–H and O–H groups in total. The van der Waals surface area contributed by atoms with Gasteiger partial charge < -0.3 is 15.7 Å². The summed E-state index contributed by atoms with van der Waals surface area (Å²) in [6.45, 7) is 5.57. The molecule has 1 aliphatic rings. The molecule has 1 aliphatic heterocycles. The third-order valence-electron chi connectivity index (χ3n) is 7.04. The molecule has 0 saturated carbocycles. The Morgan fingerprint density at radius 1 is 1.15 bits per heavy atom. The maximum Gasteiger partial charge on any atom is 0.254 e. The van der Waals surface area contributed by atoms with Crippen molar-refractivity contribution in [3.05, 3.63) is 82.9 Å². The van der Waals surface area contributed by atoms with E-state index in [1.807, 2.05) is 55.1 Å². The van der Waals surface area contributed by atoms with Crippen LogP contribution in [-0.4, -0.2) is 60.2 Å². The first-order chi connectivity index (χ1) is 19.2. The molecule has 216 valence electrons. The summed E-state index contributed by atoms with van der Waals surface area (Å²) in [5, 5.41) is 21.4. The molecule has 40 heavy (non-hydrogen) atoms. The van der Waals surface area contributed by atoms with Crippen LogP contribution in [0.5, 0.6) is 0 Å². The largest absolute Gasteiger partial charge is 0.390 e. The van der Waals surface area contributed by atoms with Crippen LogP contribution in [0.25, 0.3) is 0 Å². The molecule has 9 nitrogen and oxygen atoms in total. The molecular formula is C29H38FN5O4S. The van der Waals surface area contributed by atoms with Gasteiger partial charge in [0.05, 0.1) is 35.3 Å². The van der Waals surface area contributed by atoms with Crippen LogP contribution in [0.4, 0.5) is 10.1 Å². The van der Waals surface area contributed by atoms with Crippen molar-refractivity contribution in [1.29, 1.82) is 0 Å². The van der Waals surface area contributed by atoms with Crippen molar-refractivity contribution in [3.8, 4) is 0 Å². The number of anilines is 1. The van der Waals surface area contributed by atoms with E-state index in [4.69, 9.17) is 0 Å². The van der Waals surface area contributed by atoms with Crippen LogP contribution in [0, 0.1) is 5.82 Å². The highest BCUT2D eigenvalue weighted by molar-refractivity contribution is 7.93. The van der Waals surface area contributed by atoms with Gasteiger partial charge in [-0.05, 0) is 49.4 Å². The molecule has 2 aromatic carbocycles. The number of aryl methyl sites for hydroxylation is 2. The Hall–Kier alpha value is -3.28. The van der Waals surface area contributed by atoms with E-state index in [2.05, 4.69) is 15.7 Å². The maximum absolute atomic E-state index is 15.8. The number of carbonyl (C=O) groups is 1. The number of aliphatic hydroxyl groups excluding tert-OH is 1. The number of sulfonamides is 1. The summed E-state index contributed by atoms with van der Waals surface area (Å²) in [4.78, 5) is 13.5. The number of hydrogen-bond acceptors (Lipinski definition) is 6. The highest BCUT2D eigenvalue weighted by Gasteiger charge is 2.33. The number of rotatable bonds is 13. The van der Waals surface area contributed by atoms with E-state index in [-0.39, 0.29) is 30.1 Å². The number of aromatic nitrogens is 2. The third kappa shape index (κ3) is 7.26. The second-order valence-corrected chi connectivity index (χ2v) is 12.2. The minimum Gasteiger partial charge on any atom is -0.390 e. The smallest absolute Gasteiger partial charge is 0.254 e. The zero-order valence-corrected chi connectivity index (χ0v) is 23.8. The van der Waals surface area contributed by atoms with E-state index in [1.54, 1.807) is 6.20 Å². The van der Waals surface area contributed by atoms with Gasteiger partial charge in [-0.15, -0.1) is 0 Å². The number of nitrogens with zero attached hydrogens (tertiary/aromatic N) is 3. The Morgan fingerprint density at radius 3 is 2.58 bits per heavy atom. The zero-order valence-electron chi connectivity index (χ0n) is 23.0. The van der Waals surface area contributed by atoms with Crippen molar-refractivity contribution in [2.24, 2.45) is 0 Å². The maximum atomic E-state index is 15.8. The average Bonchev–Trinajstić information content (AvgIpc) is 3.55. The average molecular weight is 572 g/mol.